The third-order valence-electron chi connectivity index (χ3n) is 3.80. The SMILES string of the molecule is CN(C)c1ccc(/C=C2\C(=O)NC(=O)N(Cc3ccco3)C2=O)cc1. The van der Waals surface area contributed by atoms with E-state index in [0.717, 1.165) is 10.6 Å². The molecule has 0 spiro atoms. The molecule has 128 valence electrons. The van der Waals surface area contributed by atoms with Gasteiger partial charge in [-0.15, -0.1) is 0 Å². The highest BCUT2D eigenvalue weighted by Gasteiger charge is 2.36. The fraction of sp³-hybridized carbons (Fsp3) is 0.167. The standard InChI is InChI=1S/C18H17N3O4/c1-20(2)13-7-5-12(6-8-13)10-15-16(22)19-18(24)21(17(15)23)11-14-4-3-9-25-14/h3-10H,11H2,1-2H3,(H,19,22,24)/b15-10+. The van der Waals surface area contributed by atoms with Crippen molar-refractivity contribution in [3.05, 3.63) is 59.6 Å². The molecule has 1 aliphatic heterocycles. The first-order valence-corrected chi connectivity index (χ1v) is 7.64. The molecule has 0 saturated carbocycles. The lowest BCUT2D eigenvalue weighted by atomic mass is 10.1. The Labute approximate surface area is 144 Å². The lowest BCUT2D eigenvalue weighted by Crippen LogP contribution is -2.53. The summed E-state index contributed by atoms with van der Waals surface area (Å²) in [5.74, 6) is -0.906. The summed E-state index contributed by atoms with van der Waals surface area (Å²) >= 11 is 0. The minimum Gasteiger partial charge on any atom is -0.467 e. The second-order valence-corrected chi connectivity index (χ2v) is 5.77. The molecule has 0 bridgehead atoms. The van der Waals surface area contributed by atoms with Crippen molar-refractivity contribution in [1.29, 1.82) is 0 Å². The zero-order chi connectivity index (χ0) is 18.0. The maximum atomic E-state index is 12.6. The lowest BCUT2D eigenvalue weighted by Gasteiger charge is -2.25. The molecule has 0 atom stereocenters. The van der Waals surface area contributed by atoms with E-state index in [4.69, 9.17) is 4.42 Å². The molecule has 0 radical (unpaired) electrons. The molecule has 1 saturated heterocycles. The van der Waals surface area contributed by atoms with E-state index in [0.29, 0.717) is 11.3 Å². The molecule has 1 aromatic heterocycles. The van der Waals surface area contributed by atoms with Gasteiger partial charge >= 0.3 is 6.03 Å². The Bertz CT molecular complexity index is 836. The number of amides is 4. The number of benzene rings is 1. The van der Waals surface area contributed by atoms with Crippen LogP contribution in [-0.2, 0) is 16.1 Å². The predicted octanol–water partition coefficient (Wildman–Crippen LogP) is 2.01. The van der Waals surface area contributed by atoms with E-state index in [1.807, 2.05) is 31.1 Å². The number of nitrogens with zero attached hydrogens (tertiary/aromatic N) is 2. The molecule has 2 aromatic rings. The van der Waals surface area contributed by atoms with Gasteiger partial charge in [-0.1, -0.05) is 12.1 Å². The molecule has 3 rings (SSSR count). The minimum atomic E-state index is -0.758. The fourth-order valence-corrected chi connectivity index (χ4v) is 2.43. The van der Waals surface area contributed by atoms with Gasteiger partial charge in [0.1, 0.15) is 11.3 Å². The van der Waals surface area contributed by atoms with Crippen LogP contribution >= 0.6 is 0 Å². The topological polar surface area (TPSA) is 82.9 Å². The summed E-state index contributed by atoms with van der Waals surface area (Å²) in [6.45, 7) is -0.0398. The van der Waals surface area contributed by atoms with Gasteiger partial charge in [-0.05, 0) is 35.9 Å². The van der Waals surface area contributed by atoms with Crippen molar-refractivity contribution in [1.82, 2.24) is 10.2 Å². The van der Waals surface area contributed by atoms with E-state index < -0.39 is 17.8 Å². The van der Waals surface area contributed by atoms with Crippen LogP contribution in [0.4, 0.5) is 10.5 Å². The van der Waals surface area contributed by atoms with Crippen molar-refractivity contribution >= 4 is 29.6 Å². The van der Waals surface area contributed by atoms with Crippen LogP contribution in [0, 0.1) is 0 Å². The van der Waals surface area contributed by atoms with Gasteiger partial charge in [-0.25, -0.2) is 4.79 Å². The van der Waals surface area contributed by atoms with Gasteiger partial charge in [-0.2, -0.15) is 0 Å². The number of barbiturate groups is 1. The molecule has 0 unspecified atom stereocenters. The number of imide groups is 2. The van der Waals surface area contributed by atoms with E-state index in [2.05, 4.69) is 5.32 Å². The quantitative estimate of drug-likeness (QED) is 0.680. The summed E-state index contributed by atoms with van der Waals surface area (Å²) in [7, 11) is 3.84. The third kappa shape index (κ3) is 3.45. The maximum Gasteiger partial charge on any atom is 0.331 e. The Morgan fingerprint density at radius 3 is 2.44 bits per heavy atom. The highest BCUT2D eigenvalue weighted by molar-refractivity contribution is 6.30. The van der Waals surface area contributed by atoms with Crippen molar-refractivity contribution in [3.63, 3.8) is 0 Å². The third-order valence-corrected chi connectivity index (χ3v) is 3.80. The van der Waals surface area contributed by atoms with Gasteiger partial charge < -0.3 is 9.32 Å². The first kappa shape index (κ1) is 16.5. The van der Waals surface area contributed by atoms with Gasteiger partial charge in [0, 0.05) is 19.8 Å². The first-order valence-electron chi connectivity index (χ1n) is 7.64. The number of hydrogen-bond acceptors (Lipinski definition) is 5. The number of nitrogens with one attached hydrogen (secondary N) is 1. The zero-order valence-electron chi connectivity index (χ0n) is 13.9. The van der Waals surface area contributed by atoms with Crippen LogP contribution in [-0.4, -0.2) is 36.8 Å². The number of hydrogen-bond donors (Lipinski definition) is 1. The highest BCUT2D eigenvalue weighted by Crippen LogP contribution is 2.19. The first-order chi connectivity index (χ1) is 12.0. The monoisotopic (exact) mass is 339 g/mol. The molecule has 1 N–H and O–H groups in total. The fourth-order valence-electron chi connectivity index (χ4n) is 2.43. The van der Waals surface area contributed by atoms with Crippen LogP contribution < -0.4 is 10.2 Å². The Morgan fingerprint density at radius 2 is 1.84 bits per heavy atom. The second-order valence-electron chi connectivity index (χ2n) is 5.77. The summed E-state index contributed by atoms with van der Waals surface area (Å²) in [6.07, 6.45) is 2.93. The molecule has 7 nitrogen and oxygen atoms in total. The highest BCUT2D eigenvalue weighted by atomic mass is 16.3. The Morgan fingerprint density at radius 1 is 1.12 bits per heavy atom. The normalized spacial score (nSPS) is 16.3. The molecule has 0 aliphatic carbocycles. The maximum absolute atomic E-state index is 12.6. The van der Waals surface area contributed by atoms with Crippen molar-refractivity contribution in [2.45, 2.75) is 6.54 Å². The summed E-state index contributed by atoms with van der Waals surface area (Å²) in [4.78, 5) is 39.5. The van der Waals surface area contributed by atoms with Crippen LogP contribution in [0.15, 0.2) is 52.7 Å². The van der Waals surface area contributed by atoms with E-state index in [9.17, 15) is 14.4 Å². The summed E-state index contributed by atoms with van der Waals surface area (Å²) < 4.78 is 5.17. The zero-order valence-corrected chi connectivity index (χ0v) is 13.9. The molecule has 1 aliphatic rings. The van der Waals surface area contributed by atoms with Crippen LogP contribution in [0.25, 0.3) is 6.08 Å². The molecule has 7 heteroatoms. The van der Waals surface area contributed by atoms with Crippen LogP contribution in [0.2, 0.25) is 0 Å². The predicted molar refractivity (Wildman–Crippen MR) is 91.5 cm³/mol. The van der Waals surface area contributed by atoms with Crippen molar-refractivity contribution in [2.24, 2.45) is 0 Å². The molecular weight excluding hydrogens is 322 g/mol. The number of furan rings is 1. The van der Waals surface area contributed by atoms with Crippen molar-refractivity contribution in [3.8, 4) is 0 Å². The van der Waals surface area contributed by atoms with Gasteiger partial charge in [0.15, 0.2) is 0 Å². The second kappa shape index (κ2) is 6.64. The van der Waals surface area contributed by atoms with E-state index >= 15 is 0 Å². The smallest absolute Gasteiger partial charge is 0.331 e. The van der Waals surface area contributed by atoms with E-state index in [1.54, 1.807) is 24.3 Å². The number of rotatable bonds is 4. The van der Waals surface area contributed by atoms with Crippen LogP contribution in [0.3, 0.4) is 0 Å². The van der Waals surface area contributed by atoms with Crippen molar-refractivity contribution in [2.75, 3.05) is 19.0 Å². The minimum absolute atomic E-state index is 0.0398. The summed E-state index contributed by atoms with van der Waals surface area (Å²) in [5, 5.41) is 2.18. The summed E-state index contributed by atoms with van der Waals surface area (Å²) in [6, 6.07) is 9.92. The lowest BCUT2D eigenvalue weighted by molar-refractivity contribution is -0.130. The Hall–Kier alpha value is -3.35. The van der Waals surface area contributed by atoms with Crippen molar-refractivity contribution < 1.29 is 18.8 Å². The molecule has 4 amide bonds. The Balaban J connectivity index is 1.87. The average molecular weight is 339 g/mol. The number of carbonyl (C=O) groups excluding carboxylic acids is 3. The molecule has 25 heavy (non-hydrogen) atoms. The largest absolute Gasteiger partial charge is 0.467 e. The van der Waals surface area contributed by atoms with Gasteiger partial charge in [0.25, 0.3) is 11.8 Å². The van der Waals surface area contributed by atoms with E-state index in [1.165, 1.54) is 12.3 Å². The number of urea groups is 1. The molecule has 2 heterocycles. The Kier molecular flexibility index (Phi) is 4.38. The summed E-state index contributed by atoms with van der Waals surface area (Å²) in [5.41, 5.74) is 1.59. The van der Waals surface area contributed by atoms with Crippen LogP contribution in [0.1, 0.15) is 11.3 Å². The van der Waals surface area contributed by atoms with Crippen LogP contribution in [0.5, 0.6) is 0 Å². The average Bonchev–Trinajstić information content (AvgIpc) is 3.09. The molecule has 1 fully saturated rings. The van der Waals surface area contributed by atoms with Gasteiger partial charge in [0.05, 0.1) is 12.8 Å². The van der Waals surface area contributed by atoms with E-state index in [-0.39, 0.29) is 12.1 Å². The number of carbonyl (C=O) groups is 3. The molecule has 1 aromatic carbocycles. The van der Waals surface area contributed by atoms with Gasteiger partial charge in [0.2, 0.25) is 0 Å². The molecular formula is C18H17N3O4. The number of anilines is 1. The van der Waals surface area contributed by atoms with Gasteiger partial charge in [-0.3, -0.25) is 19.8 Å².